The summed E-state index contributed by atoms with van der Waals surface area (Å²) in [5.41, 5.74) is 2.71. The predicted molar refractivity (Wildman–Crippen MR) is 162 cm³/mol. The molecule has 10 heteroatoms. The number of piperidine rings is 1. The van der Waals surface area contributed by atoms with E-state index in [9.17, 15) is 13.2 Å². The SMILES string of the molecule is CCOC(=O)CS(=O)(=O)N(CC=Cc1cccc(C#N)c1)c1ccc(OC2CCN(c3ccccc3)CC2)c(Cl)c1. The first-order valence-electron chi connectivity index (χ1n) is 13.4. The minimum absolute atomic E-state index is 0.0194. The van der Waals surface area contributed by atoms with Crippen LogP contribution in [-0.4, -0.2) is 52.5 Å². The van der Waals surface area contributed by atoms with Crippen molar-refractivity contribution in [2.75, 3.05) is 41.2 Å². The van der Waals surface area contributed by atoms with Crippen LogP contribution >= 0.6 is 11.6 Å². The number of carbonyl (C=O) groups excluding carboxylic acids is 1. The van der Waals surface area contributed by atoms with Crippen molar-refractivity contribution in [2.24, 2.45) is 0 Å². The second-order valence-corrected chi connectivity index (χ2v) is 11.8. The van der Waals surface area contributed by atoms with Crippen molar-refractivity contribution < 1.29 is 22.7 Å². The van der Waals surface area contributed by atoms with Gasteiger partial charge in [0.25, 0.3) is 0 Å². The molecule has 0 radical (unpaired) electrons. The smallest absolute Gasteiger partial charge is 0.323 e. The summed E-state index contributed by atoms with van der Waals surface area (Å²) >= 11 is 6.59. The van der Waals surface area contributed by atoms with Gasteiger partial charge in [-0.05, 0) is 55.0 Å². The molecule has 0 N–H and O–H groups in total. The van der Waals surface area contributed by atoms with Gasteiger partial charge >= 0.3 is 5.97 Å². The van der Waals surface area contributed by atoms with E-state index in [0.29, 0.717) is 17.0 Å². The van der Waals surface area contributed by atoms with Crippen LogP contribution < -0.4 is 13.9 Å². The molecule has 3 aromatic carbocycles. The van der Waals surface area contributed by atoms with Gasteiger partial charge < -0.3 is 14.4 Å². The lowest BCUT2D eigenvalue weighted by Gasteiger charge is -2.34. The Morgan fingerprint density at radius 3 is 2.54 bits per heavy atom. The predicted octanol–water partition coefficient (Wildman–Crippen LogP) is 5.67. The zero-order valence-corrected chi connectivity index (χ0v) is 24.4. The van der Waals surface area contributed by atoms with Gasteiger partial charge in [-0.2, -0.15) is 5.26 Å². The van der Waals surface area contributed by atoms with Crippen LogP contribution in [-0.2, 0) is 19.6 Å². The van der Waals surface area contributed by atoms with Crippen LogP contribution in [0.15, 0.2) is 78.9 Å². The number of nitriles is 1. The highest BCUT2D eigenvalue weighted by molar-refractivity contribution is 7.93. The molecule has 0 aliphatic carbocycles. The number of hydrogen-bond donors (Lipinski definition) is 0. The van der Waals surface area contributed by atoms with Gasteiger partial charge in [0.2, 0.25) is 10.0 Å². The van der Waals surface area contributed by atoms with E-state index in [1.54, 1.807) is 49.4 Å². The van der Waals surface area contributed by atoms with Gasteiger partial charge in [0, 0.05) is 31.6 Å². The maximum absolute atomic E-state index is 13.3. The van der Waals surface area contributed by atoms with Gasteiger partial charge in [-0.25, -0.2) is 8.42 Å². The van der Waals surface area contributed by atoms with Crippen LogP contribution in [0.3, 0.4) is 0 Å². The summed E-state index contributed by atoms with van der Waals surface area (Å²) in [6.45, 7) is 3.34. The van der Waals surface area contributed by atoms with Gasteiger partial charge in [0.15, 0.2) is 5.75 Å². The van der Waals surface area contributed by atoms with Crippen molar-refractivity contribution >= 4 is 45.0 Å². The minimum atomic E-state index is -4.10. The lowest BCUT2D eigenvalue weighted by atomic mass is 10.1. The fourth-order valence-electron chi connectivity index (χ4n) is 4.60. The molecule has 0 unspecified atom stereocenters. The normalized spacial score (nSPS) is 14.0. The van der Waals surface area contributed by atoms with Crippen molar-refractivity contribution in [2.45, 2.75) is 25.9 Å². The fraction of sp³-hybridized carbons (Fsp3) is 0.290. The molecule has 1 saturated heterocycles. The van der Waals surface area contributed by atoms with Gasteiger partial charge in [-0.1, -0.05) is 54.1 Å². The summed E-state index contributed by atoms with van der Waals surface area (Å²) in [7, 11) is -4.10. The zero-order chi connectivity index (χ0) is 29.2. The summed E-state index contributed by atoms with van der Waals surface area (Å²) in [5, 5.41) is 9.41. The van der Waals surface area contributed by atoms with Crippen molar-refractivity contribution in [1.29, 1.82) is 5.26 Å². The molecule has 41 heavy (non-hydrogen) atoms. The molecule has 0 bridgehead atoms. The quantitative estimate of drug-likeness (QED) is 0.264. The van der Waals surface area contributed by atoms with Crippen LogP contribution in [0.4, 0.5) is 11.4 Å². The number of para-hydroxylation sites is 1. The van der Waals surface area contributed by atoms with Crippen LogP contribution in [0.5, 0.6) is 5.75 Å². The van der Waals surface area contributed by atoms with Crippen LogP contribution in [0.25, 0.3) is 6.08 Å². The number of esters is 1. The first kappa shape index (κ1) is 30.0. The molecule has 0 saturated carbocycles. The standard InChI is InChI=1S/C31H32ClN3O5S/c1-2-39-31(36)23-41(37,38)35(17-7-10-24-8-6-9-25(20-24)22-33)27-13-14-30(29(32)21-27)40-28-15-18-34(19-16-28)26-11-4-3-5-12-26/h3-14,20-21,28H,2,15-19,23H2,1H3. The van der Waals surface area contributed by atoms with Crippen molar-refractivity contribution in [3.05, 3.63) is 95.0 Å². The van der Waals surface area contributed by atoms with Crippen molar-refractivity contribution in [3.63, 3.8) is 0 Å². The van der Waals surface area contributed by atoms with Crippen molar-refractivity contribution in [3.8, 4) is 11.8 Å². The maximum atomic E-state index is 13.3. The number of ether oxygens (including phenoxy) is 2. The molecule has 0 spiro atoms. The Labute approximate surface area is 246 Å². The first-order chi connectivity index (χ1) is 19.8. The number of carbonyl (C=O) groups is 1. The topological polar surface area (TPSA) is 99.9 Å². The molecule has 3 aromatic rings. The zero-order valence-electron chi connectivity index (χ0n) is 22.8. The molecule has 1 fully saturated rings. The van der Waals surface area contributed by atoms with Crippen LogP contribution in [0.1, 0.15) is 30.9 Å². The average Bonchev–Trinajstić information content (AvgIpc) is 2.97. The summed E-state index contributed by atoms with van der Waals surface area (Å²) in [5.74, 6) is -1.18. The molecule has 4 rings (SSSR count). The van der Waals surface area contributed by atoms with E-state index in [1.165, 1.54) is 11.8 Å². The Bertz CT molecular complexity index is 1510. The van der Waals surface area contributed by atoms with Gasteiger partial charge in [-0.3, -0.25) is 9.10 Å². The summed E-state index contributed by atoms with van der Waals surface area (Å²) in [6.07, 6.45) is 5.00. The third-order valence-electron chi connectivity index (χ3n) is 6.60. The lowest BCUT2D eigenvalue weighted by molar-refractivity contribution is -0.139. The molecule has 8 nitrogen and oxygen atoms in total. The summed E-state index contributed by atoms with van der Waals surface area (Å²) in [4.78, 5) is 14.4. The molecule has 0 aromatic heterocycles. The van der Waals surface area contributed by atoms with Gasteiger partial charge in [0.05, 0.1) is 35.5 Å². The third kappa shape index (κ3) is 8.26. The monoisotopic (exact) mass is 593 g/mol. The Morgan fingerprint density at radius 2 is 1.85 bits per heavy atom. The average molecular weight is 594 g/mol. The van der Waals surface area contributed by atoms with E-state index in [0.717, 1.165) is 35.8 Å². The second kappa shape index (κ2) is 14.1. The molecular formula is C31H32ClN3O5S. The number of benzene rings is 3. The van der Waals surface area contributed by atoms with E-state index in [-0.39, 0.29) is 24.3 Å². The second-order valence-electron chi connectivity index (χ2n) is 9.49. The highest BCUT2D eigenvalue weighted by atomic mass is 35.5. The van der Waals surface area contributed by atoms with E-state index in [1.807, 2.05) is 24.3 Å². The highest BCUT2D eigenvalue weighted by Crippen LogP contribution is 2.33. The minimum Gasteiger partial charge on any atom is -0.489 e. The third-order valence-corrected chi connectivity index (χ3v) is 8.53. The largest absolute Gasteiger partial charge is 0.489 e. The van der Waals surface area contributed by atoms with Crippen LogP contribution in [0, 0.1) is 11.3 Å². The van der Waals surface area contributed by atoms with E-state index in [4.69, 9.17) is 26.3 Å². The molecule has 0 atom stereocenters. The summed E-state index contributed by atoms with van der Waals surface area (Å²) < 4.78 is 38.8. The van der Waals surface area contributed by atoms with Crippen LogP contribution in [0.2, 0.25) is 5.02 Å². The molecule has 1 aliphatic rings. The Balaban J connectivity index is 1.49. The Kier molecular flexibility index (Phi) is 10.3. The number of anilines is 2. The Hall–Kier alpha value is -4.00. The summed E-state index contributed by atoms with van der Waals surface area (Å²) in [6, 6.07) is 24.1. The first-order valence-corrected chi connectivity index (χ1v) is 15.4. The highest BCUT2D eigenvalue weighted by Gasteiger charge is 2.27. The van der Waals surface area contributed by atoms with Gasteiger partial charge in [0.1, 0.15) is 11.9 Å². The number of sulfonamides is 1. The molecule has 214 valence electrons. The fourth-order valence-corrected chi connectivity index (χ4v) is 6.10. The molecular weight excluding hydrogens is 562 g/mol. The van der Waals surface area contributed by atoms with E-state index < -0.39 is 21.7 Å². The number of halogens is 1. The number of nitrogens with zero attached hydrogens (tertiary/aromatic N) is 3. The van der Waals surface area contributed by atoms with E-state index in [2.05, 4.69) is 23.1 Å². The van der Waals surface area contributed by atoms with Crippen molar-refractivity contribution in [1.82, 2.24) is 0 Å². The molecule has 0 amide bonds. The number of rotatable bonds is 11. The van der Waals surface area contributed by atoms with E-state index >= 15 is 0 Å². The Morgan fingerprint density at radius 1 is 1.10 bits per heavy atom. The van der Waals surface area contributed by atoms with Gasteiger partial charge in [-0.15, -0.1) is 0 Å². The molecule has 1 heterocycles. The maximum Gasteiger partial charge on any atom is 0.323 e. The molecule has 1 aliphatic heterocycles. The number of hydrogen-bond acceptors (Lipinski definition) is 7. The lowest BCUT2D eigenvalue weighted by Crippen LogP contribution is -2.38.